The van der Waals surface area contributed by atoms with Crippen molar-refractivity contribution in [3.05, 3.63) is 46.5 Å². The molecule has 0 bridgehead atoms. The number of aromatic hydroxyl groups is 2. The van der Waals surface area contributed by atoms with Crippen LogP contribution >= 0.6 is 0 Å². The normalized spacial score (nSPS) is 11.0. The number of aryl methyl sites for hydroxylation is 4. The van der Waals surface area contributed by atoms with E-state index in [1.54, 1.807) is 0 Å². The second-order valence-corrected chi connectivity index (χ2v) is 6.84. The summed E-state index contributed by atoms with van der Waals surface area (Å²) in [5, 5.41) is 21.3. The first-order chi connectivity index (χ1) is 11.5. The molecule has 2 rings (SSSR count). The highest BCUT2D eigenvalue weighted by molar-refractivity contribution is 5.79. The highest BCUT2D eigenvalue weighted by Crippen LogP contribution is 2.41. The third-order valence-corrected chi connectivity index (χ3v) is 4.60. The molecule has 2 nitrogen and oxygen atoms in total. The van der Waals surface area contributed by atoms with E-state index in [-0.39, 0.29) is 5.75 Å². The molecule has 2 aromatic rings. The summed E-state index contributed by atoms with van der Waals surface area (Å²) in [7, 11) is 0. The minimum Gasteiger partial charge on any atom is -0.507 e. The summed E-state index contributed by atoms with van der Waals surface area (Å²) in [5.41, 5.74) is 5.68. The Bertz CT molecular complexity index is 702. The van der Waals surface area contributed by atoms with Gasteiger partial charge in [0.15, 0.2) is 0 Å². The highest BCUT2D eigenvalue weighted by Gasteiger charge is 2.16. The molecule has 0 atom stereocenters. The van der Waals surface area contributed by atoms with Crippen LogP contribution in [0.25, 0.3) is 11.1 Å². The number of phenolic OH excluding ortho intramolecular Hbond substituents is 2. The molecule has 0 fully saturated rings. The van der Waals surface area contributed by atoms with E-state index < -0.39 is 0 Å². The smallest absolute Gasteiger partial charge is 0.126 e. The number of phenols is 2. The minimum atomic E-state index is 0.269. The summed E-state index contributed by atoms with van der Waals surface area (Å²) in [5.74, 6) is 0.592. The van der Waals surface area contributed by atoms with Gasteiger partial charge in [0.25, 0.3) is 0 Å². The molecule has 2 N–H and O–H groups in total. The molecule has 24 heavy (non-hydrogen) atoms. The van der Waals surface area contributed by atoms with Crippen molar-refractivity contribution in [2.75, 3.05) is 0 Å². The number of benzene rings is 2. The standard InChI is InChI=1S/C22H30O2/c1-5-7-9-17-13-18(10-8-6-2)22(24)20(14-17)19-12-15(3)11-16(4)21(19)23/h11-14,23-24H,5-10H2,1-4H3. The first-order valence-electron chi connectivity index (χ1n) is 9.13. The molecule has 130 valence electrons. The van der Waals surface area contributed by atoms with Gasteiger partial charge in [-0.3, -0.25) is 0 Å². The second-order valence-electron chi connectivity index (χ2n) is 6.84. The molecule has 0 aliphatic heterocycles. The molecule has 0 unspecified atom stereocenters. The van der Waals surface area contributed by atoms with E-state index in [1.165, 1.54) is 5.56 Å². The Morgan fingerprint density at radius 1 is 0.750 bits per heavy atom. The van der Waals surface area contributed by atoms with Crippen molar-refractivity contribution in [2.24, 2.45) is 0 Å². The topological polar surface area (TPSA) is 40.5 Å². The lowest BCUT2D eigenvalue weighted by molar-refractivity contribution is 0.462. The van der Waals surface area contributed by atoms with Crippen molar-refractivity contribution in [3.63, 3.8) is 0 Å². The molecule has 0 aliphatic rings. The molecule has 0 aromatic heterocycles. The third-order valence-electron chi connectivity index (χ3n) is 4.60. The van der Waals surface area contributed by atoms with Crippen LogP contribution in [0.15, 0.2) is 24.3 Å². The zero-order valence-electron chi connectivity index (χ0n) is 15.4. The molecule has 0 saturated carbocycles. The molecule has 2 heteroatoms. The number of rotatable bonds is 7. The molecule has 0 radical (unpaired) electrons. The Labute approximate surface area is 146 Å². The van der Waals surface area contributed by atoms with Crippen LogP contribution in [-0.4, -0.2) is 10.2 Å². The molecule has 0 amide bonds. The first-order valence-corrected chi connectivity index (χ1v) is 9.13. The Kier molecular flexibility index (Phi) is 6.30. The van der Waals surface area contributed by atoms with Gasteiger partial charge in [-0.2, -0.15) is 0 Å². The van der Waals surface area contributed by atoms with Crippen molar-refractivity contribution >= 4 is 0 Å². The Morgan fingerprint density at radius 3 is 2.04 bits per heavy atom. The average Bonchev–Trinajstić information content (AvgIpc) is 2.56. The lowest BCUT2D eigenvalue weighted by Crippen LogP contribution is -1.95. The van der Waals surface area contributed by atoms with Crippen LogP contribution in [0.5, 0.6) is 11.5 Å². The van der Waals surface area contributed by atoms with Gasteiger partial charge in [-0.05, 0) is 73.9 Å². The summed E-state index contributed by atoms with van der Waals surface area (Å²) in [6.07, 6.45) is 6.33. The first kappa shape index (κ1) is 18.4. The van der Waals surface area contributed by atoms with Crippen molar-refractivity contribution in [1.82, 2.24) is 0 Å². The largest absolute Gasteiger partial charge is 0.507 e. The van der Waals surface area contributed by atoms with Gasteiger partial charge < -0.3 is 10.2 Å². The van der Waals surface area contributed by atoms with E-state index in [0.29, 0.717) is 5.75 Å². The fourth-order valence-corrected chi connectivity index (χ4v) is 3.21. The molecular weight excluding hydrogens is 296 g/mol. The Balaban J connectivity index is 2.59. The van der Waals surface area contributed by atoms with Gasteiger partial charge in [0.2, 0.25) is 0 Å². The number of hydrogen-bond acceptors (Lipinski definition) is 2. The summed E-state index contributed by atoms with van der Waals surface area (Å²) in [4.78, 5) is 0. The van der Waals surface area contributed by atoms with Crippen LogP contribution in [0.2, 0.25) is 0 Å². The fourth-order valence-electron chi connectivity index (χ4n) is 3.21. The molecule has 0 saturated heterocycles. The maximum atomic E-state index is 10.8. The van der Waals surface area contributed by atoms with E-state index in [0.717, 1.165) is 66.3 Å². The van der Waals surface area contributed by atoms with Gasteiger partial charge in [0.05, 0.1) is 0 Å². The lowest BCUT2D eigenvalue weighted by Gasteiger charge is -2.16. The van der Waals surface area contributed by atoms with Gasteiger partial charge in [-0.15, -0.1) is 0 Å². The Hall–Kier alpha value is -1.96. The summed E-state index contributed by atoms with van der Waals surface area (Å²) < 4.78 is 0. The number of unbranched alkanes of at least 4 members (excludes halogenated alkanes) is 2. The van der Waals surface area contributed by atoms with Crippen molar-refractivity contribution in [2.45, 2.75) is 66.2 Å². The van der Waals surface area contributed by atoms with E-state index in [4.69, 9.17) is 0 Å². The SMILES string of the molecule is CCCCc1cc(CCCC)c(O)c(-c2cc(C)cc(C)c2O)c1. The molecular formula is C22H30O2. The molecule has 2 aromatic carbocycles. The second kappa shape index (κ2) is 8.23. The van der Waals surface area contributed by atoms with Gasteiger partial charge in [-0.25, -0.2) is 0 Å². The van der Waals surface area contributed by atoms with Gasteiger partial charge in [-0.1, -0.05) is 38.8 Å². The van der Waals surface area contributed by atoms with E-state index in [1.807, 2.05) is 32.0 Å². The fraction of sp³-hybridized carbons (Fsp3) is 0.455. The summed E-state index contributed by atoms with van der Waals surface area (Å²) in [6.45, 7) is 8.28. The van der Waals surface area contributed by atoms with Crippen LogP contribution in [0.1, 0.15) is 61.8 Å². The van der Waals surface area contributed by atoms with Crippen LogP contribution in [0.4, 0.5) is 0 Å². The minimum absolute atomic E-state index is 0.269. The summed E-state index contributed by atoms with van der Waals surface area (Å²) >= 11 is 0. The van der Waals surface area contributed by atoms with Crippen LogP contribution in [-0.2, 0) is 12.8 Å². The van der Waals surface area contributed by atoms with Crippen molar-refractivity contribution in [1.29, 1.82) is 0 Å². The van der Waals surface area contributed by atoms with Gasteiger partial charge in [0, 0.05) is 11.1 Å². The van der Waals surface area contributed by atoms with Crippen LogP contribution in [0, 0.1) is 13.8 Å². The van der Waals surface area contributed by atoms with Crippen molar-refractivity contribution < 1.29 is 10.2 Å². The van der Waals surface area contributed by atoms with Crippen molar-refractivity contribution in [3.8, 4) is 22.6 Å². The highest BCUT2D eigenvalue weighted by atomic mass is 16.3. The average molecular weight is 326 g/mol. The predicted octanol–water partition coefficient (Wildman–Crippen LogP) is 6.07. The molecule has 0 heterocycles. The monoisotopic (exact) mass is 326 g/mol. The zero-order chi connectivity index (χ0) is 17.7. The molecule has 0 spiro atoms. The predicted molar refractivity (Wildman–Crippen MR) is 102 cm³/mol. The summed E-state index contributed by atoms with van der Waals surface area (Å²) in [6, 6.07) is 8.12. The molecule has 0 aliphatic carbocycles. The zero-order valence-corrected chi connectivity index (χ0v) is 15.4. The quantitative estimate of drug-likeness (QED) is 0.648. The van der Waals surface area contributed by atoms with E-state index in [2.05, 4.69) is 19.9 Å². The Morgan fingerprint density at radius 2 is 1.38 bits per heavy atom. The van der Waals surface area contributed by atoms with Crippen LogP contribution < -0.4 is 0 Å². The van der Waals surface area contributed by atoms with Crippen LogP contribution in [0.3, 0.4) is 0 Å². The van der Waals surface area contributed by atoms with Gasteiger partial charge in [0.1, 0.15) is 11.5 Å². The number of hydrogen-bond donors (Lipinski definition) is 2. The third kappa shape index (κ3) is 4.11. The van der Waals surface area contributed by atoms with E-state index in [9.17, 15) is 10.2 Å². The lowest BCUT2D eigenvalue weighted by atomic mass is 9.92. The maximum Gasteiger partial charge on any atom is 0.126 e. The van der Waals surface area contributed by atoms with E-state index >= 15 is 0 Å². The van der Waals surface area contributed by atoms with Gasteiger partial charge >= 0.3 is 0 Å². The maximum absolute atomic E-state index is 10.8.